The Bertz CT molecular complexity index is 666. The SMILES string of the molecule is CCCNC(=O)CSc1nnc(SCc2cccc(F)c2F)s1. The average molecular weight is 375 g/mol. The normalized spacial score (nSPS) is 10.7. The summed E-state index contributed by atoms with van der Waals surface area (Å²) >= 11 is 3.94. The van der Waals surface area contributed by atoms with Crippen molar-refractivity contribution in [2.75, 3.05) is 12.3 Å². The van der Waals surface area contributed by atoms with Gasteiger partial charge in [-0.15, -0.1) is 10.2 Å². The molecule has 0 radical (unpaired) electrons. The number of rotatable bonds is 8. The van der Waals surface area contributed by atoms with Crippen LogP contribution in [0.25, 0.3) is 0 Å². The molecule has 1 aromatic carbocycles. The number of hydrogen-bond acceptors (Lipinski definition) is 6. The van der Waals surface area contributed by atoms with Crippen LogP contribution in [0.3, 0.4) is 0 Å². The number of halogens is 2. The van der Waals surface area contributed by atoms with Gasteiger partial charge in [0.15, 0.2) is 20.3 Å². The first-order chi connectivity index (χ1) is 11.1. The first-order valence-corrected chi connectivity index (χ1v) is 9.67. The highest BCUT2D eigenvalue weighted by molar-refractivity contribution is 8.03. The van der Waals surface area contributed by atoms with Crippen LogP contribution in [0, 0.1) is 11.6 Å². The van der Waals surface area contributed by atoms with E-state index < -0.39 is 11.6 Å². The number of amides is 1. The second kappa shape index (κ2) is 9.19. The lowest BCUT2D eigenvalue weighted by Crippen LogP contribution is -2.25. The molecule has 0 aliphatic rings. The lowest BCUT2D eigenvalue weighted by molar-refractivity contribution is -0.118. The summed E-state index contributed by atoms with van der Waals surface area (Å²) in [4.78, 5) is 11.5. The van der Waals surface area contributed by atoms with Crippen molar-refractivity contribution >= 4 is 40.8 Å². The van der Waals surface area contributed by atoms with E-state index in [1.807, 2.05) is 6.92 Å². The van der Waals surface area contributed by atoms with Gasteiger partial charge in [-0.3, -0.25) is 4.79 Å². The van der Waals surface area contributed by atoms with E-state index in [-0.39, 0.29) is 17.4 Å². The Hall–Kier alpha value is -1.19. The third-order valence-corrected chi connectivity index (χ3v) is 5.91. The van der Waals surface area contributed by atoms with Crippen LogP contribution in [0.2, 0.25) is 0 Å². The smallest absolute Gasteiger partial charge is 0.230 e. The van der Waals surface area contributed by atoms with Crippen LogP contribution in [-0.2, 0) is 10.5 Å². The molecule has 0 bridgehead atoms. The van der Waals surface area contributed by atoms with Gasteiger partial charge in [0.05, 0.1) is 5.75 Å². The third-order valence-electron chi connectivity index (χ3n) is 2.67. The van der Waals surface area contributed by atoms with Gasteiger partial charge < -0.3 is 5.32 Å². The molecule has 1 amide bonds. The van der Waals surface area contributed by atoms with Gasteiger partial charge in [0, 0.05) is 17.9 Å². The molecular formula is C14H15F2N3OS3. The van der Waals surface area contributed by atoms with Gasteiger partial charge in [-0.25, -0.2) is 8.78 Å². The highest BCUT2D eigenvalue weighted by Gasteiger charge is 2.11. The number of carbonyl (C=O) groups is 1. The van der Waals surface area contributed by atoms with E-state index in [1.165, 1.54) is 40.9 Å². The minimum atomic E-state index is -0.852. The van der Waals surface area contributed by atoms with Crippen molar-refractivity contribution in [1.29, 1.82) is 0 Å². The molecule has 0 aliphatic heterocycles. The Morgan fingerprint density at radius 2 is 2.00 bits per heavy atom. The Balaban J connectivity index is 1.83. The molecule has 23 heavy (non-hydrogen) atoms. The zero-order valence-corrected chi connectivity index (χ0v) is 14.8. The quantitative estimate of drug-likeness (QED) is 0.713. The fourth-order valence-electron chi connectivity index (χ4n) is 1.56. The van der Waals surface area contributed by atoms with Crippen molar-refractivity contribution < 1.29 is 13.6 Å². The standard InChI is InChI=1S/C14H15F2N3OS3/c1-2-6-17-11(20)8-22-14-19-18-13(23-14)21-7-9-4-3-5-10(15)12(9)16/h3-5H,2,6-8H2,1H3,(H,17,20). The fourth-order valence-corrected chi connectivity index (χ4v) is 4.38. The maximum atomic E-state index is 13.6. The van der Waals surface area contributed by atoms with Gasteiger partial charge in [0.25, 0.3) is 0 Å². The van der Waals surface area contributed by atoms with Crippen molar-refractivity contribution in [3.05, 3.63) is 35.4 Å². The van der Waals surface area contributed by atoms with E-state index in [1.54, 1.807) is 6.07 Å². The molecule has 1 aromatic heterocycles. The summed E-state index contributed by atoms with van der Waals surface area (Å²) in [7, 11) is 0. The topological polar surface area (TPSA) is 54.9 Å². The molecule has 124 valence electrons. The van der Waals surface area contributed by atoms with Crippen molar-refractivity contribution in [3.63, 3.8) is 0 Å². The summed E-state index contributed by atoms with van der Waals surface area (Å²) in [5, 5.41) is 10.8. The molecule has 9 heteroatoms. The molecule has 0 atom stereocenters. The molecule has 1 N–H and O–H groups in total. The van der Waals surface area contributed by atoms with Crippen LogP contribution < -0.4 is 5.32 Å². The van der Waals surface area contributed by atoms with Gasteiger partial charge in [-0.05, 0) is 12.5 Å². The van der Waals surface area contributed by atoms with Crippen molar-refractivity contribution in [1.82, 2.24) is 15.5 Å². The summed E-state index contributed by atoms with van der Waals surface area (Å²) in [6.07, 6.45) is 0.895. The molecule has 0 saturated heterocycles. The summed E-state index contributed by atoms with van der Waals surface area (Å²) in [5.74, 6) is -1.15. The lowest BCUT2D eigenvalue weighted by Gasteiger charge is -2.01. The van der Waals surface area contributed by atoms with Crippen LogP contribution in [0.15, 0.2) is 26.9 Å². The average Bonchev–Trinajstić information content (AvgIpc) is 3.00. The number of nitrogens with zero attached hydrogens (tertiary/aromatic N) is 2. The van der Waals surface area contributed by atoms with E-state index in [2.05, 4.69) is 15.5 Å². The first-order valence-electron chi connectivity index (χ1n) is 6.88. The van der Waals surface area contributed by atoms with Crippen molar-refractivity contribution in [2.24, 2.45) is 0 Å². The molecule has 2 rings (SSSR count). The van der Waals surface area contributed by atoms with E-state index in [0.29, 0.717) is 20.8 Å². The van der Waals surface area contributed by atoms with E-state index in [4.69, 9.17) is 0 Å². The van der Waals surface area contributed by atoms with Gasteiger partial charge in [0.1, 0.15) is 0 Å². The van der Waals surface area contributed by atoms with E-state index in [0.717, 1.165) is 12.5 Å². The molecule has 0 spiro atoms. The molecule has 4 nitrogen and oxygen atoms in total. The maximum Gasteiger partial charge on any atom is 0.230 e. The van der Waals surface area contributed by atoms with Crippen molar-refractivity contribution in [3.8, 4) is 0 Å². The van der Waals surface area contributed by atoms with Crippen LogP contribution in [-0.4, -0.2) is 28.4 Å². The number of hydrogen-bond donors (Lipinski definition) is 1. The summed E-state index contributed by atoms with van der Waals surface area (Å²) in [5.41, 5.74) is 0.290. The number of thioether (sulfide) groups is 2. The highest BCUT2D eigenvalue weighted by atomic mass is 32.2. The zero-order chi connectivity index (χ0) is 16.7. The second-order valence-electron chi connectivity index (χ2n) is 4.47. The highest BCUT2D eigenvalue weighted by Crippen LogP contribution is 2.31. The van der Waals surface area contributed by atoms with Gasteiger partial charge >= 0.3 is 0 Å². The molecule has 0 fully saturated rings. The monoisotopic (exact) mass is 375 g/mol. The Kier molecular flexibility index (Phi) is 7.25. The minimum absolute atomic E-state index is 0.0388. The number of aromatic nitrogens is 2. The Morgan fingerprint density at radius 1 is 1.26 bits per heavy atom. The van der Waals surface area contributed by atoms with Crippen LogP contribution in [0.4, 0.5) is 8.78 Å². The molecule has 0 unspecified atom stereocenters. The van der Waals surface area contributed by atoms with E-state index in [9.17, 15) is 13.6 Å². The largest absolute Gasteiger partial charge is 0.355 e. The molecule has 0 saturated carbocycles. The predicted octanol–water partition coefficient (Wildman–Crippen LogP) is 3.73. The molecule has 2 aromatic rings. The molecular weight excluding hydrogens is 360 g/mol. The maximum absolute atomic E-state index is 13.6. The van der Waals surface area contributed by atoms with E-state index >= 15 is 0 Å². The third kappa shape index (κ3) is 5.74. The molecule has 0 aliphatic carbocycles. The minimum Gasteiger partial charge on any atom is -0.355 e. The summed E-state index contributed by atoms with van der Waals surface area (Å²) in [6.45, 7) is 2.65. The van der Waals surface area contributed by atoms with Crippen LogP contribution in [0.5, 0.6) is 0 Å². The second-order valence-corrected chi connectivity index (χ2v) is 7.90. The number of nitrogens with one attached hydrogen (secondary N) is 1. The van der Waals surface area contributed by atoms with Crippen LogP contribution >= 0.6 is 34.9 Å². The summed E-state index contributed by atoms with van der Waals surface area (Å²) in [6, 6.07) is 4.11. The number of benzene rings is 1. The lowest BCUT2D eigenvalue weighted by atomic mass is 10.2. The zero-order valence-electron chi connectivity index (χ0n) is 12.3. The van der Waals surface area contributed by atoms with Crippen molar-refractivity contribution in [2.45, 2.75) is 27.8 Å². The van der Waals surface area contributed by atoms with Gasteiger partial charge in [-0.1, -0.05) is 53.9 Å². The molecule has 1 heterocycles. The fraction of sp³-hybridized carbons (Fsp3) is 0.357. The van der Waals surface area contributed by atoms with Gasteiger partial charge in [0.2, 0.25) is 5.91 Å². The number of carbonyl (C=O) groups excluding carboxylic acids is 1. The Labute approximate surface area is 145 Å². The first kappa shape index (κ1) is 18.2. The predicted molar refractivity (Wildman–Crippen MR) is 89.9 cm³/mol. The Morgan fingerprint density at radius 3 is 2.74 bits per heavy atom. The summed E-state index contributed by atoms with van der Waals surface area (Å²) < 4.78 is 28.0. The van der Waals surface area contributed by atoms with Gasteiger partial charge in [-0.2, -0.15) is 0 Å². The van der Waals surface area contributed by atoms with Crippen LogP contribution in [0.1, 0.15) is 18.9 Å².